The summed E-state index contributed by atoms with van der Waals surface area (Å²) in [6, 6.07) is 10.8. The number of phenolic OH excluding ortho intramolecular Hbond substituents is 2. The number of hydrogen-bond donors (Lipinski definition) is 4. The Kier molecular flexibility index (Phi) is 3.74. The molecule has 0 aromatic heterocycles. The molecule has 0 saturated heterocycles. The van der Waals surface area contributed by atoms with Crippen molar-refractivity contribution in [3.05, 3.63) is 64.7 Å². The van der Waals surface area contributed by atoms with E-state index in [-0.39, 0.29) is 45.1 Å². The van der Waals surface area contributed by atoms with Gasteiger partial charge >= 0.3 is 0 Å². The summed E-state index contributed by atoms with van der Waals surface area (Å²) in [5.41, 5.74) is 12.5. The van der Waals surface area contributed by atoms with Crippen LogP contribution in [0.2, 0.25) is 0 Å². The molecule has 0 saturated carbocycles. The maximum atomic E-state index is 13.1. The predicted octanol–water partition coefficient (Wildman–Crippen LogP) is 2.71. The molecule has 6 N–H and O–H groups in total. The molecule has 0 aliphatic heterocycles. The van der Waals surface area contributed by atoms with Gasteiger partial charge in [-0.3, -0.25) is 9.59 Å². The zero-order valence-electron chi connectivity index (χ0n) is 14.8. The number of phenols is 2. The Labute approximate surface area is 159 Å². The van der Waals surface area contributed by atoms with E-state index in [1.165, 1.54) is 25.3 Å². The predicted molar refractivity (Wildman–Crippen MR) is 104 cm³/mol. The van der Waals surface area contributed by atoms with Crippen LogP contribution >= 0.6 is 0 Å². The number of hydrogen-bond acceptors (Lipinski definition) is 7. The second-order valence-electron chi connectivity index (χ2n) is 6.42. The number of anilines is 2. The van der Waals surface area contributed by atoms with Crippen LogP contribution in [0.4, 0.5) is 11.4 Å². The lowest BCUT2D eigenvalue weighted by Gasteiger charge is -2.23. The van der Waals surface area contributed by atoms with Crippen LogP contribution in [0.1, 0.15) is 31.8 Å². The van der Waals surface area contributed by atoms with Crippen molar-refractivity contribution in [2.45, 2.75) is 0 Å². The monoisotopic (exact) mass is 376 g/mol. The van der Waals surface area contributed by atoms with Gasteiger partial charge in [-0.25, -0.2) is 0 Å². The van der Waals surface area contributed by atoms with Crippen LogP contribution in [0.15, 0.2) is 42.5 Å². The third kappa shape index (κ3) is 2.30. The molecule has 7 nitrogen and oxygen atoms in total. The fourth-order valence-corrected chi connectivity index (χ4v) is 3.49. The Hall–Kier alpha value is -4.00. The van der Waals surface area contributed by atoms with E-state index in [0.717, 1.165) is 0 Å². The van der Waals surface area contributed by atoms with Crippen molar-refractivity contribution in [3.8, 4) is 28.4 Å². The minimum absolute atomic E-state index is 0.0313. The molecule has 28 heavy (non-hydrogen) atoms. The van der Waals surface area contributed by atoms with E-state index in [0.29, 0.717) is 16.9 Å². The van der Waals surface area contributed by atoms with Gasteiger partial charge in [0.15, 0.2) is 0 Å². The SMILES string of the molecule is COc1ccc(-c2cc(O)c3c(c2N)C(=O)c2c(O)ccc(N)c2C3=O)cc1. The number of ether oxygens (including phenoxy) is 1. The molecular formula is C21H16N2O5. The van der Waals surface area contributed by atoms with Crippen molar-refractivity contribution in [1.29, 1.82) is 0 Å². The van der Waals surface area contributed by atoms with Gasteiger partial charge in [-0.05, 0) is 35.9 Å². The molecular weight excluding hydrogens is 360 g/mol. The third-order valence-electron chi connectivity index (χ3n) is 4.87. The van der Waals surface area contributed by atoms with E-state index in [2.05, 4.69) is 0 Å². The van der Waals surface area contributed by atoms with Crippen LogP contribution in [-0.4, -0.2) is 28.9 Å². The molecule has 0 radical (unpaired) electrons. The number of ketones is 2. The molecule has 0 fully saturated rings. The fourth-order valence-electron chi connectivity index (χ4n) is 3.49. The molecule has 4 rings (SSSR count). The van der Waals surface area contributed by atoms with Crippen molar-refractivity contribution in [2.24, 2.45) is 0 Å². The van der Waals surface area contributed by atoms with Crippen molar-refractivity contribution < 1.29 is 24.5 Å². The second kappa shape index (κ2) is 6.02. The van der Waals surface area contributed by atoms with E-state index >= 15 is 0 Å². The average Bonchev–Trinajstić information content (AvgIpc) is 2.69. The van der Waals surface area contributed by atoms with Crippen LogP contribution in [0.5, 0.6) is 17.2 Å². The van der Waals surface area contributed by atoms with Gasteiger partial charge in [0.05, 0.1) is 35.1 Å². The van der Waals surface area contributed by atoms with Gasteiger partial charge < -0.3 is 26.4 Å². The van der Waals surface area contributed by atoms with Gasteiger partial charge in [0.25, 0.3) is 0 Å². The Morgan fingerprint density at radius 1 is 0.786 bits per heavy atom. The summed E-state index contributed by atoms with van der Waals surface area (Å²) in [5, 5.41) is 20.7. The zero-order chi connectivity index (χ0) is 20.2. The first-order valence-electron chi connectivity index (χ1n) is 8.35. The van der Waals surface area contributed by atoms with Gasteiger partial charge in [-0.15, -0.1) is 0 Å². The molecule has 0 atom stereocenters. The first-order valence-corrected chi connectivity index (χ1v) is 8.35. The van der Waals surface area contributed by atoms with E-state index in [4.69, 9.17) is 16.2 Å². The molecule has 0 amide bonds. The normalized spacial score (nSPS) is 12.5. The van der Waals surface area contributed by atoms with Gasteiger partial charge in [-0.1, -0.05) is 12.1 Å². The molecule has 3 aromatic rings. The lowest BCUT2D eigenvalue weighted by atomic mass is 9.80. The van der Waals surface area contributed by atoms with Crippen molar-refractivity contribution >= 4 is 22.9 Å². The van der Waals surface area contributed by atoms with E-state index < -0.39 is 11.6 Å². The van der Waals surface area contributed by atoms with E-state index in [1.54, 1.807) is 24.3 Å². The van der Waals surface area contributed by atoms with Crippen molar-refractivity contribution in [1.82, 2.24) is 0 Å². The number of fused-ring (bicyclic) bond motifs is 2. The Morgan fingerprint density at radius 2 is 1.39 bits per heavy atom. The number of rotatable bonds is 2. The van der Waals surface area contributed by atoms with Crippen molar-refractivity contribution in [3.63, 3.8) is 0 Å². The summed E-state index contributed by atoms with van der Waals surface area (Å²) < 4.78 is 5.13. The maximum Gasteiger partial charge on any atom is 0.200 e. The molecule has 140 valence electrons. The number of benzene rings is 3. The first kappa shape index (κ1) is 17.4. The summed E-state index contributed by atoms with van der Waals surface area (Å²) in [6.07, 6.45) is 0. The number of carbonyl (C=O) groups excluding carboxylic acids is 2. The highest BCUT2D eigenvalue weighted by molar-refractivity contribution is 6.33. The zero-order valence-corrected chi connectivity index (χ0v) is 14.8. The number of carbonyl (C=O) groups is 2. The van der Waals surface area contributed by atoms with Gasteiger partial charge in [-0.2, -0.15) is 0 Å². The number of nitrogen functional groups attached to an aromatic ring is 2. The highest BCUT2D eigenvalue weighted by atomic mass is 16.5. The quantitative estimate of drug-likeness (QED) is 0.312. The minimum atomic E-state index is -0.669. The molecule has 0 unspecified atom stereocenters. The molecule has 7 heteroatoms. The van der Waals surface area contributed by atoms with E-state index in [9.17, 15) is 19.8 Å². The highest BCUT2D eigenvalue weighted by Crippen LogP contribution is 2.44. The number of aromatic hydroxyl groups is 2. The van der Waals surface area contributed by atoms with Crippen LogP contribution in [-0.2, 0) is 0 Å². The summed E-state index contributed by atoms with van der Waals surface area (Å²) in [4.78, 5) is 26.1. The molecule has 3 aromatic carbocycles. The highest BCUT2D eigenvalue weighted by Gasteiger charge is 2.38. The maximum absolute atomic E-state index is 13.1. The number of methoxy groups -OCH3 is 1. The largest absolute Gasteiger partial charge is 0.507 e. The van der Waals surface area contributed by atoms with Crippen molar-refractivity contribution in [2.75, 3.05) is 18.6 Å². The first-order chi connectivity index (χ1) is 13.3. The lowest BCUT2D eigenvalue weighted by Crippen LogP contribution is -2.24. The number of nitrogens with two attached hydrogens (primary N) is 2. The van der Waals surface area contributed by atoms with Gasteiger partial charge in [0.2, 0.25) is 11.6 Å². The Balaban J connectivity index is 1.99. The molecule has 1 aliphatic rings. The summed E-state index contributed by atoms with van der Waals surface area (Å²) in [6.45, 7) is 0. The molecule has 0 heterocycles. The Morgan fingerprint density at radius 3 is 2.04 bits per heavy atom. The summed E-state index contributed by atoms with van der Waals surface area (Å²) in [7, 11) is 1.54. The van der Waals surface area contributed by atoms with E-state index in [1.807, 2.05) is 0 Å². The molecule has 0 spiro atoms. The smallest absolute Gasteiger partial charge is 0.200 e. The third-order valence-corrected chi connectivity index (χ3v) is 4.87. The standard InChI is InChI=1S/C21H16N2O5/c1-28-10-4-2-9(3-5-10)11-8-14(25)17-18(19(11)23)21(27)16-13(24)7-6-12(22)15(16)20(17)26/h2-8,24-25H,22-23H2,1H3. The summed E-state index contributed by atoms with van der Waals surface area (Å²) in [5.74, 6) is -1.46. The van der Waals surface area contributed by atoms with Gasteiger partial charge in [0.1, 0.15) is 17.2 Å². The van der Waals surface area contributed by atoms with Crippen LogP contribution in [0, 0.1) is 0 Å². The topological polar surface area (TPSA) is 136 Å². The average molecular weight is 376 g/mol. The summed E-state index contributed by atoms with van der Waals surface area (Å²) >= 11 is 0. The second-order valence-corrected chi connectivity index (χ2v) is 6.42. The fraction of sp³-hybridized carbons (Fsp3) is 0.0476. The molecule has 0 bridgehead atoms. The minimum Gasteiger partial charge on any atom is -0.507 e. The Bertz CT molecular complexity index is 1170. The van der Waals surface area contributed by atoms with Crippen LogP contribution < -0.4 is 16.2 Å². The van der Waals surface area contributed by atoms with Crippen LogP contribution in [0.3, 0.4) is 0 Å². The lowest BCUT2D eigenvalue weighted by molar-refractivity contribution is 0.0975. The van der Waals surface area contributed by atoms with Gasteiger partial charge in [0, 0.05) is 11.3 Å². The molecule has 1 aliphatic carbocycles. The van der Waals surface area contributed by atoms with Crippen LogP contribution in [0.25, 0.3) is 11.1 Å².